The van der Waals surface area contributed by atoms with Gasteiger partial charge >= 0.3 is 0 Å². The normalized spacial score (nSPS) is 17.8. The Kier molecular flexibility index (Phi) is 7.99. The Morgan fingerprint density at radius 3 is 2.73 bits per heavy atom. The van der Waals surface area contributed by atoms with Gasteiger partial charge in [0, 0.05) is 35.7 Å². The Morgan fingerprint density at radius 1 is 1.15 bits per heavy atom. The number of piperidine rings is 1. The first kappa shape index (κ1) is 28.1. The quantitative estimate of drug-likeness (QED) is 0.258. The molecule has 216 valence electrons. The van der Waals surface area contributed by atoms with Crippen molar-refractivity contribution >= 4 is 50.1 Å². The number of sulfonamides is 1. The molecule has 2 fully saturated rings. The first-order valence-electron chi connectivity index (χ1n) is 13.9. The second kappa shape index (κ2) is 11.7. The van der Waals surface area contributed by atoms with E-state index in [9.17, 15) is 13.2 Å². The van der Waals surface area contributed by atoms with Crippen LogP contribution in [0.4, 0.5) is 5.69 Å². The van der Waals surface area contributed by atoms with Gasteiger partial charge in [-0.1, -0.05) is 24.9 Å². The summed E-state index contributed by atoms with van der Waals surface area (Å²) in [4.78, 5) is 25.8. The molecule has 13 heteroatoms. The molecule has 1 saturated carbocycles. The van der Waals surface area contributed by atoms with E-state index in [1.165, 1.54) is 17.8 Å². The van der Waals surface area contributed by atoms with E-state index in [-0.39, 0.29) is 17.1 Å². The summed E-state index contributed by atoms with van der Waals surface area (Å²) < 4.78 is 29.6. The van der Waals surface area contributed by atoms with Gasteiger partial charge in [0.25, 0.3) is 5.91 Å². The molecule has 2 N–H and O–H groups in total. The molecule has 0 aromatic carbocycles. The first-order chi connectivity index (χ1) is 19.8. The number of rotatable bonds is 10. The van der Waals surface area contributed by atoms with Crippen molar-refractivity contribution in [3.8, 4) is 10.4 Å². The molecule has 41 heavy (non-hydrogen) atoms. The fourth-order valence-electron chi connectivity index (χ4n) is 5.32. The van der Waals surface area contributed by atoms with Gasteiger partial charge in [-0.05, 0) is 69.0 Å². The number of thiazole rings is 1. The van der Waals surface area contributed by atoms with Gasteiger partial charge in [0.15, 0.2) is 5.01 Å². The van der Waals surface area contributed by atoms with Crippen molar-refractivity contribution in [3.63, 3.8) is 0 Å². The predicted molar refractivity (Wildman–Crippen MR) is 161 cm³/mol. The fraction of sp³-hybridized carbons (Fsp3) is 0.429. The van der Waals surface area contributed by atoms with E-state index < -0.39 is 16.1 Å². The molecule has 2 aliphatic rings. The molecule has 1 saturated heterocycles. The molecule has 0 bridgehead atoms. The first-order valence-corrected chi connectivity index (χ1v) is 16.6. The topological polar surface area (TPSA) is 122 Å². The Labute approximate surface area is 248 Å². The summed E-state index contributed by atoms with van der Waals surface area (Å²) in [7, 11) is -3.43. The Hall–Kier alpha value is -3.06. The van der Waals surface area contributed by atoms with Crippen molar-refractivity contribution in [1.82, 2.24) is 29.8 Å². The Balaban J connectivity index is 1.25. The van der Waals surface area contributed by atoms with Crippen LogP contribution in [0, 0.1) is 5.92 Å². The number of hydrogen-bond acceptors (Lipinski definition) is 8. The predicted octanol–water partition coefficient (Wildman–Crippen LogP) is 5.00. The average Bonchev–Trinajstić information content (AvgIpc) is 3.58. The lowest BCUT2D eigenvalue weighted by Crippen LogP contribution is -2.40. The molecule has 2 atom stereocenters. The summed E-state index contributed by atoms with van der Waals surface area (Å²) in [6.45, 7) is 4.94. The smallest absolute Gasteiger partial charge is 0.280 e. The largest absolute Gasteiger partial charge is 0.341 e. The number of hydrogen-bond donors (Lipinski definition) is 2. The maximum absolute atomic E-state index is 13.6. The van der Waals surface area contributed by atoms with Gasteiger partial charge in [-0.3, -0.25) is 14.5 Å². The van der Waals surface area contributed by atoms with E-state index in [4.69, 9.17) is 11.6 Å². The number of nitrogens with zero attached hydrogens (tertiary/aromatic N) is 5. The minimum Gasteiger partial charge on any atom is -0.341 e. The molecule has 6 rings (SSSR count). The van der Waals surface area contributed by atoms with Crippen LogP contribution in [0.2, 0.25) is 5.02 Å². The highest BCUT2D eigenvalue weighted by Crippen LogP contribution is 2.33. The van der Waals surface area contributed by atoms with Crippen molar-refractivity contribution < 1.29 is 13.2 Å². The van der Waals surface area contributed by atoms with Gasteiger partial charge in [0.05, 0.1) is 39.3 Å². The maximum atomic E-state index is 13.6. The molecular formula is C28H32ClN7O3S2. The zero-order valence-electron chi connectivity index (χ0n) is 22.7. The molecule has 1 aliphatic carbocycles. The van der Waals surface area contributed by atoms with E-state index in [0.29, 0.717) is 34.3 Å². The molecule has 4 aromatic heterocycles. The lowest BCUT2D eigenvalue weighted by molar-refractivity contribution is 0.0908. The summed E-state index contributed by atoms with van der Waals surface area (Å²) in [5.41, 5.74) is 2.73. The highest BCUT2D eigenvalue weighted by Gasteiger charge is 2.36. The minimum atomic E-state index is -3.43. The molecule has 1 unspecified atom stereocenters. The van der Waals surface area contributed by atoms with E-state index in [1.54, 1.807) is 47.5 Å². The van der Waals surface area contributed by atoms with Crippen LogP contribution in [0.25, 0.3) is 16.0 Å². The van der Waals surface area contributed by atoms with E-state index >= 15 is 0 Å². The third-order valence-electron chi connectivity index (χ3n) is 7.62. The monoisotopic (exact) mass is 613 g/mol. The van der Waals surface area contributed by atoms with E-state index in [1.807, 2.05) is 6.07 Å². The average molecular weight is 614 g/mol. The van der Waals surface area contributed by atoms with Crippen LogP contribution < -0.4 is 10.0 Å². The number of aromatic nitrogens is 4. The van der Waals surface area contributed by atoms with Crippen molar-refractivity contribution in [2.45, 2.75) is 50.3 Å². The summed E-state index contributed by atoms with van der Waals surface area (Å²) in [5, 5.41) is 8.13. The Morgan fingerprint density at radius 2 is 1.95 bits per heavy atom. The maximum Gasteiger partial charge on any atom is 0.280 e. The third-order valence-corrected chi connectivity index (χ3v) is 10.8. The molecule has 1 amide bonds. The molecule has 5 heterocycles. The van der Waals surface area contributed by atoms with Crippen LogP contribution in [-0.2, 0) is 10.0 Å². The SMILES string of the molecule is CC(CN1CCCCC1)[C@@H](NC(=O)c1ncc(-c2cnn3ccc(Cl)cc23)s1)c1cc(NS(=O)(=O)C2CC2)ccn1. The zero-order valence-corrected chi connectivity index (χ0v) is 25.1. The number of anilines is 1. The van der Waals surface area contributed by atoms with Crippen LogP contribution in [0.1, 0.15) is 60.6 Å². The van der Waals surface area contributed by atoms with Crippen molar-refractivity contribution in [2.75, 3.05) is 24.4 Å². The molecular weight excluding hydrogens is 582 g/mol. The summed E-state index contributed by atoms with van der Waals surface area (Å²) >= 11 is 7.49. The van der Waals surface area contributed by atoms with E-state index in [2.05, 4.69) is 36.9 Å². The highest BCUT2D eigenvalue weighted by atomic mass is 35.5. The van der Waals surface area contributed by atoms with Crippen LogP contribution in [-0.4, -0.2) is 63.7 Å². The number of fused-ring (bicyclic) bond motifs is 1. The molecule has 4 aromatic rings. The van der Waals surface area contributed by atoms with Crippen molar-refractivity contribution in [2.24, 2.45) is 5.92 Å². The highest BCUT2D eigenvalue weighted by molar-refractivity contribution is 7.93. The zero-order chi connectivity index (χ0) is 28.6. The summed E-state index contributed by atoms with van der Waals surface area (Å²) in [5.74, 6) is -0.293. The third kappa shape index (κ3) is 6.40. The van der Waals surface area contributed by atoms with E-state index in [0.717, 1.165) is 48.4 Å². The molecule has 1 aliphatic heterocycles. The number of halogens is 1. The van der Waals surface area contributed by atoms with Crippen LogP contribution in [0.3, 0.4) is 0 Å². The number of nitrogens with one attached hydrogen (secondary N) is 2. The second-order valence-corrected chi connectivity index (χ2v) is 14.3. The molecule has 0 radical (unpaired) electrons. The Bertz CT molecular complexity index is 1660. The number of pyridine rings is 2. The van der Waals surface area contributed by atoms with Crippen LogP contribution >= 0.6 is 22.9 Å². The lowest BCUT2D eigenvalue weighted by atomic mass is 9.96. The number of likely N-dealkylation sites (tertiary alicyclic amines) is 1. The van der Waals surface area contributed by atoms with Gasteiger partial charge in [-0.25, -0.2) is 17.9 Å². The van der Waals surface area contributed by atoms with Gasteiger partial charge in [-0.2, -0.15) is 5.10 Å². The number of amides is 1. The van der Waals surface area contributed by atoms with Crippen molar-refractivity contribution in [1.29, 1.82) is 0 Å². The summed E-state index contributed by atoms with van der Waals surface area (Å²) in [6, 6.07) is 6.53. The van der Waals surface area contributed by atoms with Gasteiger partial charge < -0.3 is 10.2 Å². The van der Waals surface area contributed by atoms with Crippen LogP contribution in [0.5, 0.6) is 0 Å². The van der Waals surface area contributed by atoms with Crippen molar-refractivity contribution in [3.05, 3.63) is 64.8 Å². The molecule has 10 nitrogen and oxygen atoms in total. The minimum absolute atomic E-state index is 0.0148. The summed E-state index contributed by atoms with van der Waals surface area (Å²) in [6.07, 6.45) is 11.7. The van der Waals surface area contributed by atoms with Gasteiger partial charge in [0.1, 0.15) is 0 Å². The van der Waals surface area contributed by atoms with Gasteiger partial charge in [0.2, 0.25) is 10.0 Å². The molecule has 0 spiro atoms. The second-order valence-electron chi connectivity index (χ2n) is 10.9. The van der Waals surface area contributed by atoms with Crippen LogP contribution in [0.15, 0.2) is 49.1 Å². The number of carbonyl (C=O) groups excluding carboxylic acids is 1. The fourth-order valence-corrected chi connectivity index (χ4v) is 7.70. The lowest BCUT2D eigenvalue weighted by Gasteiger charge is -2.32. The standard InChI is InChI=1S/C28H32ClN7O3S2/c1-18(17-35-10-3-2-4-11-35)26(23-14-20(7-9-30-23)34-41(38,39)21-5-6-21)33-27(37)28-31-16-25(40-28)22-15-32-36-12-8-19(29)13-24(22)36/h7-9,12-16,18,21,26H,2-6,10-11,17H2,1H3,(H,30,34)(H,33,37)/t18?,26-/m1/s1. The number of carbonyl (C=O) groups is 1. The van der Waals surface area contributed by atoms with Gasteiger partial charge in [-0.15, -0.1) is 11.3 Å².